The Balaban J connectivity index is 2.10. The van der Waals surface area contributed by atoms with Crippen molar-refractivity contribution >= 4 is 18.2 Å². The Bertz CT molecular complexity index is 687. The molecule has 6 heteroatoms. The van der Waals surface area contributed by atoms with Crippen LogP contribution < -0.4 is 5.32 Å². The maximum absolute atomic E-state index is 12.8. The standard InChI is InChI=1S/C20H27N3O3/c1-14(2)18(22(4)19(25)10-21-13-24)9-15(3)20(26)23-11-16-7-5-6-8-17(16)12-23/h5-9,13-14,18H,10-12H2,1-4H3,(H,21,24)/t18-/m1/s1. The zero-order valence-electron chi connectivity index (χ0n) is 15.9. The summed E-state index contributed by atoms with van der Waals surface area (Å²) in [6.45, 7) is 6.98. The summed E-state index contributed by atoms with van der Waals surface area (Å²) in [5, 5.41) is 2.39. The molecule has 6 nitrogen and oxygen atoms in total. The van der Waals surface area contributed by atoms with E-state index in [0.717, 1.165) is 0 Å². The summed E-state index contributed by atoms with van der Waals surface area (Å²) in [5.74, 6) is -0.0710. The van der Waals surface area contributed by atoms with Crippen LogP contribution in [0.4, 0.5) is 0 Å². The Hall–Kier alpha value is -2.63. The third kappa shape index (κ3) is 4.50. The molecule has 0 aromatic heterocycles. The van der Waals surface area contributed by atoms with Crippen molar-refractivity contribution in [2.24, 2.45) is 5.92 Å². The first kappa shape index (κ1) is 19.7. The van der Waals surface area contributed by atoms with Gasteiger partial charge in [-0.15, -0.1) is 0 Å². The Kier molecular flexibility index (Phi) is 6.55. The number of amides is 3. The molecule has 0 radical (unpaired) electrons. The van der Waals surface area contributed by atoms with Crippen molar-refractivity contribution in [3.8, 4) is 0 Å². The second kappa shape index (κ2) is 8.65. The highest BCUT2D eigenvalue weighted by Crippen LogP contribution is 2.24. The SMILES string of the molecule is CC(=C[C@H](C(C)C)N(C)C(=O)CNC=O)C(=O)N1Cc2ccccc2C1. The highest BCUT2D eigenvalue weighted by atomic mass is 16.2. The molecule has 0 saturated heterocycles. The number of fused-ring (bicyclic) bond motifs is 1. The zero-order valence-corrected chi connectivity index (χ0v) is 15.9. The average Bonchev–Trinajstić information content (AvgIpc) is 3.06. The number of rotatable bonds is 7. The minimum absolute atomic E-state index is 0.0151. The largest absolute Gasteiger partial charge is 0.350 e. The molecule has 1 atom stereocenters. The summed E-state index contributed by atoms with van der Waals surface area (Å²) in [6, 6.07) is 7.84. The molecule has 26 heavy (non-hydrogen) atoms. The number of benzene rings is 1. The first-order valence-electron chi connectivity index (χ1n) is 8.82. The van der Waals surface area contributed by atoms with E-state index in [1.807, 2.05) is 49.1 Å². The van der Waals surface area contributed by atoms with Crippen LogP contribution in [-0.4, -0.2) is 47.7 Å². The summed E-state index contributed by atoms with van der Waals surface area (Å²) >= 11 is 0. The summed E-state index contributed by atoms with van der Waals surface area (Å²) in [7, 11) is 1.69. The lowest BCUT2D eigenvalue weighted by atomic mass is 9.99. The number of nitrogens with zero attached hydrogens (tertiary/aromatic N) is 2. The second-order valence-corrected chi connectivity index (χ2v) is 7.02. The lowest BCUT2D eigenvalue weighted by Crippen LogP contribution is -2.43. The van der Waals surface area contributed by atoms with Gasteiger partial charge in [0.15, 0.2) is 0 Å². The molecule has 0 aliphatic carbocycles. The molecular formula is C20H27N3O3. The molecular weight excluding hydrogens is 330 g/mol. The Morgan fingerprint density at radius 1 is 1.23 bits per heavy atom. The van der Waals surface area contributed by atoms with Crippen LogP contribution in [0.3, 0.4) is 0 Å². The molecule has 0 spiro atoms. The molecule has 1 aromatic rings. The number of carbonyl (C=O) groups is 3. The van der Waals surface area contributed by atoms with Crippen LogP contribution in [0.25, 0.3) is 0 Å². The fourth-order valence-electron chi connectivity index (χ4n) is 3.22. The van der Waals surface area contributed by atoms with Gasteiger partial charge < -0.3 is 15.1 Å². The van der Waals surface area contributed by atoms with Crippen molar-refractivity contribution in [1.29, 1.82) is 0 Å². The quantitative estimate of drug-likeness (QED) is 0.596. The molecule has 0 fully saturated rings. The molecule has 0 bridgehead atoms. The van der Waals surface area contributed by atoms with E-state index in [1.165, 1.54) is 11.1 Å². The van der Waals surface area contributed by atoms with Gasteiger partial charge in [0, 0.05) is 25.7 Å². The van der Waals surface area contributed by atoms with Crippen molar-refractivity contribution in [3.63, 3.8) is 0 Å². The van der Waals surface area contributed by atoms with Gasteiger partial charge in [-0.3, -0.25) is 14.4 Å². The van der Waals surface area contributed by atoms with Crippen LogP contribution >= 0.6 is 0 Å². The summed E-state index contributed by atoms with van der Waals surface area (Å²) < 4.78 is 0. The molecule has 1 N–H and O–H groups in total. The van der Waals surface area contributed by atoms with Crippen molar-refractivity contribution in [1.82, 2.24) is 15.1 Å². The molecule has 140 valence electrons. The molecule has 2 rings (SSSR count). The van der Waals surface area contributed by atoms with Crippen LogP contribution in [0.2, 0.25) is 0 Å². The first-order valence-corrected chi connectivity index (χ1v) is 8.82. The van der Waals surface area contributed by atoms with Gasteiger partial charge in [-0.2, -0.15) is 0 Å². The van der Waals surface area contributed by atoms with Gasteiger partial charge in [-0.1, -0.05) is 44.2 Å². The van der Waals surface area contributed by atoms with Gasteiger partial charge >= 0.3 is 0 Å². The lowest BCUT2D eigenvalue weighted by Gasteiger charge is -2.30. The Morgan fingerprint density at radius 3 is 2.31 bits per heavy atom. The number of likely N-dealkylation sites (N-methyl/N-ethyl adjacent to an activating group) is 1. The molecule has 3 amide bonds. The zero-order chi connectivity index (χ0) is 19.3. The van der Waals surface area contributed by atoms with Crippen molar-refractivity contribution < 1.29 is 14.4 Å². The van der Waals surface area contributed by atoms with Crippen LogP contribution in [-0.2, 0) is 27.5 Å². The van der Waals surface area contributed by atoms with Crippen LogP contribution in [0.5, 0.6) is 0 Å². The van der Waals surface area contributed by atoms with E-state index in [9.17, 15) is 14.4 Å². The van der Waals surface area contributed by atoms with Crippen LogP contribution in [0, 0.1) is 5.92 Å². The molecule has 1 heterocycles. The Morgan fingerprint density at radius 2 is 1.81 bits per heavy atom. The number of hydrogen-bond donors (Lipinski definition) is 1. The topological polar surface area (TPSA) is 69.7 Å². The maximum atomic E-state index is 12.8. The van der Waals surface area contributed by atoms with Crippen molar-refractivity contribution in [2.45, 2.75) is 39.9 Å². The number of nitrogens with one attached hydrogen (secondary N) is 1. The normalized spacial score (nSPS) is 14.8. The minimum Gasteiger partial charge on any atom is -0.350 e. The summed E-state index contributed by atoms with van der Waals surface area (Å²) in [6.07, 6.45) is 2.36. The van der Waals surface area contributed by atoms with E-state index in [-0.39, 0.29) is 30.3 Å². The summed E-state index contributed by atoms with van der Waals surface area (Å²) in [4.78, 5) is 38.8. The van der Waals surface area contributed by atoms with E-state index in [2.05, 4.69) is 5.32 Å². The van der Waals surface area contributed by atoms with E-state index >= 15 is 0 Å². The average molecular weight is 357 g/mol. The molecule has 1 aliphatic rings. The van der Waals surface area contributed by atoms with Gasteiger partial charge in [-0.25, -0.2) is 0 Å². The van der Waals surface area contributed by atoms with E-state index in [1.54, 1.807) is 18.9 Å². The highest BCUT2D eigenvalue weighted by molar-refractivity contribution is 5.93. The number of hydrogen-bond acceptors (Lipinski definition) is 3. The highest BCUT2D eigenvalue weighted by Gasteiger charge is 2.26. The van der Waals surface area contributed by atoms with E-state index in [4.69, 9.17) is 0 Å². The molecule has 1 aliphatic heterocycles. The van der Waals surface area contributed by atoms with E-state index in [0.29, 0.717) is 25.1 Å². The second-order valence-electron chi connectivity index (χ2n) is 7.02. The first-order chi connectivity index (χ1) is 12.3. The van der Waals surface area contributed by atoms with Gasteiger partial charge in [0.2, 0.25) is 18.2 Å². The fraction of sp³-hybridized carbons (Fsp3) is 0.450. The van der Waals surface area contributed by atoms with Gasteiger partial charge in [0.05, 0.1) is 12.6 Å². The maximum Gasteiger partial charge on any atom is 0.249 e. The fourth-order valence-corrected chi connectivity index (χ4v) is 3.22. The van der Waals surface area contributed by atoms with Crippen LogP contribution in [0.1, 0.15) is 31.9 Å². The van der Waals surface area contributed by atoms with Gasteiger partial charge in [0.25, 0.3) is 0 Å². The molecule has 1 aromatic carbocycles. The van der Waals surface area contributed by atoms with Crippen molar-refractivity contribution in [2.75, 3.05) is 13.6 Å². The molecule has 0 unspecified atom stereocenters. The van der Waals surface area contributed by atoms with Gasteiger partial charge in [-0.05, 0) is 24.0 Å². The minimum atomic E-state index is -0.218. The van der Waals surface area contributed by atoms with Crippen molar-refractivity contribution in [3.05, 3.63) is 47.0 Å². The third-order valence-electron chi connectivity index (χ3n) is 4.75. The van der Waals surface area contributed by atoms with E-state index < -0.39 is 0 Å². The number of carbonyl (C=O) groups excluding carboxylic acids is 3. The summed E-state index contributed by atoms with van der Waals surface area (Å²) in [5.41, 5.74) is 2.99. The van der Waals surface area contributed by atoms with Crippen LogP contribution in [0.15, 0.2) is 35.9 Å². The predicted octanol–water partition coefficient (Wildman–Crippen LogP) is 1.70. The third-order valence-corrected chi connectivity index (χ3v) is 4.75. The monoisotopic (exact) mass is 357 g/mol. The smallest absolute Gasteiger partial charge is 0.249 e. The Labute approximate surface area is 154 Å². The predicted molar refractivity (Wildman–Crippen MR) is 99.9 cm³/mol. The van der Waals surface area contributed by atoms with Gasteiger partial charge in [0.1, 0.15) is 0 Å². The lowest BCUT2D eigenvalue weighted by molar-refractivity contribution is -0.132. The molecule has 0 saturated carbocycles.